The van der Waals surface area contributed by atoms with Gasteiger partial charge in [0.05, 0.1) is 6.21 Å². The second-order valence-corrected chi connectivity index (χ2v) is 7.34. The Morgan fingerprint density at radius 3 is 2.88 bits per heavy atom. The van der Waals surface area contributed by atoms with Crippen LogP contribution < -0.4 is 14.9 Å². The minimum absolute atomic E-state index is 0.193. The summed E-state index contributed by atoms with van der Waals surface area (Å²) in [4.78, 5) is 12.2. The summed E-state index contributed by atoms with van der Waals surface area (Å²) < 4.78 is 11.2. The van der Waals surface area contributed by atoms with E-state index in [0.29, 0.717) is 22.8 Å². The molecule has 1 heterocycles. The third-order valence-corrected chi connectivity index (χ3v) is 5.70. The standard InChI is InChI=1S/C19H22N2O3/c1-19(2)13-8-7-12(14(19)9-13)10-20-21-18(22)17-11-23-15-5-3-4-6-16(15)24-17/h3-7,10,13-14,17H,8-9,11H2,1-2H3,(H,21,22)/b20-10-/t13-,14-,17+/m1/s1. The summed E-state index contributed by atoms with van der Waals surface area (Å²) in [5.41, 5.74) is 4.16. The maximum atomic E-state index is 12.2. The number of benzene rings is 1. The zero-order valence-corrected chi connectivity index (χ0v) is 14.0. The fraction of sp³-hybridized carbons (Fsp3) is 0.474. The van der Waals surface area contributed by atoms with Crippen LogP contribution in [0, 0.1) is 17.3 Å². The Bertz CT molecular complexity index is 723. The normalized spacial score (nSPS) is 29.6. The Morgan fingerprint density at radius 2 is 2.12 bits per heavy atom. The topological polar surface area (TPSA) is 59.9 Å². The van der Waals surface area contributed by atoms with E-state index in [0.717, 1.165) is 12.3 Å². The summed E-state index contributed by atoms with van der Waals surface area (Å²) in [6.45, 7) is 4.82. The maximum Gasteiger partial charge on any atom is 0.284 e. The smallest absolute Gasteiger partial charge is 0.284 e. The molecule has 126 valence electrons. The summed E-state index contributed by atoms with van der Waals surface area (Å²) in [6.07, 6.45) is 5.69. The highest BCUT2D eigenvalue weighted by atomic mass is 16.6. The van der Waals surface area contributed by atoms with E-state index in [-0.39, 0.29) is 12.5 Å². The molecule has 5 rings (SSSR count). The zero-order chi connectivity index (χ0) is 16.7. The number of fused-ring (bicyclic) bond motifs is 2. The molecule has 5 heteroatoms. The fourth-order valence-corrected chi connectivity index (χ4v) is 3.94. The van der Waals surface area contributed by atoms with Gasteiger partial charge in [0.2, 0.25) is 6.10 Å². The second-order valence-electron chi connectivity index (χ2n) is 7.34. The van der Waals surface area contributed by atoms with Crippen LogP contribution in [0.5, 0.6) is 11.5 Å². The zero-order valence-electron chi connectivity index (χ0n) is 14.0. The highest BCUT2D eigenvalue weighted by molar-refractivity contribution is 5.85. The third-order valence-electron chi connectivity index (χ3n) is 5.70. The highest BCUT2D eigenvalue weighted by Crippen LogP contribution is 2.58. The number of rotatable bonds is 3. The number of carbonyl (C=O) groups excluding carboxylic acids is 1. The molecule has 1 aromatic rings. The number of ether oxygens (including phenoxy) is 2. The van der Waals surface area contributed by atoms with E-state index in [1.807, 2.05) is 18.2 Å². The first kappa shape index (κ1) is 15.2. The largest absolute Gasteiger partial charge is 0.485 e. The summed E-state index contributed by atoms with van der Waals surface area (Å²) in [5, 5.41) is 4.14. The Kier molecular flexibility index (Phi) is 3.59. The molecule has 5 nitrogen and oxygen atoms in total. The molecule has 0 unspecified atom stereocenters. The predicted octanol–water partition coefficient (Wildman–Crippen LogP) is 2.92. The molecule has 3 aliphatic carbocycles. The molecule has 4 aliphatic rings. The van der Waals surface area contributed by atoms with Crippen LogP contribution in [0.4, 0.5) is 0 Å². The van der Waals surface area contributed by atoms with Crippen LogP contribution in [0.2, 0.25) is 0 Å². The molecule has 3 atom stereocenters. The van der Waals surface area contributed by atoms with Crippen molar-refractivity contribution in [2.24, 2.45) is 22.4 Å². The summed E-state index contributed by atoms with van der Waals surface area (Å²) >= 11 is 0. The monoisotopic (exact) mass is 326 g/mol. The van der Waals surface area contributed by atoms with Crippen molar-refractivity contribution in [3.8, 4) is 11.5 Å². The number of nitrogens with one attached hydrogen (secondary N) is 1. The Balaban J connectivity index is 1.35. The second kappa shape index (κ2) is 5.65. The minimum atomic E-state index is -0.679. The van der Waals surface area contributed by atoms with Crippen molar-refractivity contribution >= 4 is 12.1 Å². The minimum Gasteiger partial charge on any atom is -0.485 e. The van der Waals surface area contributed by atoms with Crippen LogP contribution in [0.1, 0.15) is 26.7 Å². The van der Waals surface area contributed by atoms with Crippen molar-refractivity contribution in [3.63, 3.8) is 0 Å². The van der Waals surface area contributed by atoms with E-state index < -0.39 is 6.10 Å². The van der Waals surface area contributed by atoms with Crippen molar-refractivity contribution in [1.82, 2.24) is 5.43 Å². The number of nitrogens with zero attached hydrogens (tertiary/aromatic N) is 1. The fourth-order valence-electron chi connectivity index (χ4n) is 3.94. The van der Waals surface area contributed by atoms with Crippen LogP contribution >= 0.6 is 0 Å². The average molecular weight is 326 g/mol. The summed E-state index contributed by atoms with van der Waals surface area (Å²) in [6, 6.07) is 7.34. The lowest BCUT2D eigenvalue weighted by Gasteiger charge is -2.55. The van der Waals surface area contributed by atoms with Gasteiger partial charge in [-0.05, 0) is 47.8 Å². The van der Waals surface area contributed by atoms with Gasteiger partial charge in [-0.3, -0.25) is 4.79 Å². The van der Waals surface area contributed by atoms with E-state index in [9.17, 15) is 4.79 Å². The van der Waals surface area contributed by atoms with Gasteiger partial charge in [0, 0.05) is 0 Å². The van der Waals surface area contributed by atoms with E-state index in [2.05, 4.69) is 30.5 Å². The molecule has 1 N–H and O–H groups in total. The number of carbonyl (C=O) groups is 1. The molecule has 24 heavy (non-hydrogen) atoms. The van der Waals surface area contributed by atoms with Crippen molar-refractivity contribution in [2.75, 3.05) is 6.61 Å². The number of amides is 1. The Morgan fingerprint density at radius 1 is 1.33 bits per heavy atom. The van der Waals surface area contributed by atoms with Crippen molar-refractivity contribution in [1.29, 1.82) is 0 Å². The Labute approximate surface area is 141 Å². The van der Waals surface area contributed by atoms with E-state index in [1.165, 1.54) is 12.0 Å². The van der Waals surface area contributed by atoms with Crippen LogP contribution in [0.15, 0.2) is 41.0 Å². The van der Waals surface area contributed by atoms with Gasteiger partial charge in [-0.2, -0.15) is 5.10 Å². The van der Waals surface area contributed by atoms with Gasteiger partial charge in [-0.15, -0.1) is 0 Å². The quantitative estimate of drug-likeness (QED) is 0.686. The van der Waals surface area contributed by atoms with Crippen molar-refractivity contribution < 1.29 is 14.3 Å². The lowest BCUT2D eigenvalue weighted by Crippen LogP contribution is -2.48. The number of hydrogen-bond acceptors (Lipinski definition) is 4. The number of hydrazone groups is 1. The molecular weight excluding hydrogens is 304 g/mol. The van der Waals surface area contributed by atoms with E-state index >= 15 is 0 Å². The third kappa shape index (κ3) is 2.48. The first-order valence-corrected chi connectivity index (χ1v) is 8.47. The first-order chi connectivity index (χ1) is 11.6. The van der Waals surface area contributed by atoms with Crippen LogP contribution in [0.25, 0.3) is 0 Å². The number of para-hydroxylation sites is 2. The number of allylic oxidation sites excluding steroid dienone is 2. The van der Waals surface area contributed by atoms with Crippen LogP contribution in [0.3, 0.4) is 0 Å². The van der Waals surface area contributed by atoms with E-state index in [4.69, 9.17) is 9.47 Å². The molecular formula is C19H22N2O3. The van der Waals surface area contributed by atoms with Crippen molar-refractivity contribution in [3.05, 3.63) is 35.9 Å². The van der Waals surface area contributed by atoms with Gasteiger partial charge in [-0.1, -0.05) is 32.1 Å². The highest BCUT2D eigenvalue weighted by Gasteiger charge is 2.50. The van der Waals surface area contributed by atoms with Gasteiger partial charge in [-0.25, -0.2) is 5.43 Å². The molecule has 1 aliphatic heterocycles. The van der Waals surface area contributed by atoms with Gasteiger partial charge < -0.3 is 9.47 Å². The molecule has 2 bridgehead atoms. The average Bonchev–Trinajstić information content (AvgIpc) is 2.61. The van der Waals surface area contributed by atoms with Gasteiger partial charge in [0.15, 0.2) is 11.5 Å². The van der Waals surface area contributed by atoms with Crippen LogP contribution in [-0.2, 0) is 4.79 Å². The molecule has 1 saturated carbocycles. The summed E-state index contributed by atoms with van der Waals surface area (Å²) in [7, 11) is 0. The molecule has 1 amide bonds. The van der Waals surface area contributed by atoms with Gasteiger partial charge in [0.1, 0.15) is 6.61 Å². The van der Waals surface area contributed by atoms with E-state index in [1.54, 1.807) is 12.3 Å². The van der Waals surface area contributed by atoms with Crippen molar-refractivity contribution in [2.45, 2.75) is 32.8 Å². The first-order valence-electron chi connectivity index (χ1n) is 8.47. The van der Waals surface area contributed by atoms with Gasteiger partial charge >= 0.3 is 0 Å². The number of hydrogen-bond donors (Lipinski definition) is 1. The maximum absolute atomic E-state index is 12.2. The predicted molar refractivity (Wildman–Crippen MR) is 91.1 cm³/mol. The molecule has 0 radical (unpaired) electrons. The lowest BCUT2D eigenvalue weighted by molar-refractivity contribution is -0.130. The molecule has 1 fully saturated rings. The Hall–Kier alpha value is -2.30. The summed E-state index contributed by atoms with van der Waals surface area (Å²) in [5.74, 6) is 2.31. The SMILES string of the molecule is CC1(C)[C@@H]2CC=C(/C=N\NC(=O)[C@@H]3COc4ccccc4O3)[C@H]1C2. The molecule has 0 spiro atoms. The van der Waals surface area contributed by atoms with Gasteiger partial charge in [0.25, 0.3) is 5.91 Å². The lowest BCUT2D eigenvalue weighted by atomic mass is 9.49. The molecule has 0 saturated heterocycles. The molecule has 1 aromatic carbocycles. The van der Waals surface area contributed by atoms with Crippen LogP contribution in [-0.4, -0.2) is 24.8 Å². The molecule has 0 aromatic heterocycles.